The maximum Gasteiger partial charge on any atom is 0.238 e. The highest BCUT2D eigenvalue weighted by Crippen LogP contribution is 2.38. The van der Waals surface area contributed by atoms with Crippen LogP contribution < -0.4 is 5.14 Å². The Bertz CT molecular complexity index is 1290. The van der Waals surface area contributed by atoms with Gasteiger partial charge in [-0.05, 0) is 67.0 Å². The lowest BCUT2D eigenvalue weighted by Crippen LogP contribution is -2.30. The number of hydrogen-bond donors (Lipinski definition) is 1. The van der Waals surface area contributed by atoms with Crippen molar-refractivity contribution in [3.05, 3.63) is 106 Å². The maximum atomic E-state index is 11.5. The normalized spacial score (nSPS) is 22.7. The number of rotatable bonds is 4. The number of hydrogen-bond acceptors (Lipinski definition) is 4. The van der Waals surface area contributed by atoms with Crippen LogP contribution in [-0.2, 0) is 14.8 Å². The van der Waals surface area contributed by atoms with E-state index in [1.165, 1.54) is 40.8 Å². The lowest BCUT2D eigenvalue weighted by molar-refractivity contribution is 0.240. The molecule has 0 saturated carbocycles. The van der Waals surface area contributed by atoms with Crippen LogP contribution >= 0.6 is 0 Å². The quantitative estimate of drug-likeness (QED) is 0.656. The Morgan fingerprint density at radius 1 is 1.06 bits per heavy atom. The number of sulfonamides is 1. The molecular formula is C28H30N2O3S. The molecule has 2 aliphatic carbocycles. The second kappa shape index (κ2) is 9.65. The Balaban J connectivity index is 1.37. The van der Waals surface area contributed by atoms with Crippen molar-refractivity contribution in [2.24, 2.45) is 5.14 Å². The summed E-state index contributed by atoms with van der Waals surface area (Å²) in [5, 5.41) is 5.20. The molecule has 1 aromatic rings. The third-order valence-corrected chi connectivity index (χ3v) is 7.64. The van der Waals surface area contributed by atoms with E-state index in [2.05, 4.69) is 47.4 Å². The number of piperidine rings is 1. The molecule has 5 rings (SSSR count). The summed E-state index contributed by atoms with van der Waals surface area (Å²) >= 11 is 0. The molecule has 0 spiro atoms. The Morgan fingerprint density at radius 2 is 1.91 bits per heavy atom. The van der Waals surface area contributed by atoms with E-state index < -0.39 is 10.0 Å². The molecule has 0 atom stereocenters. The molecule has 2 heterocycles. The number of nitrogens with zero attached hydrogens (tertiary/aromatic N) is 1. The first-order valence-electron chi connectivity index (χ1n) is 11.9. The van der Waals surface area contributed by atoms with Gasteiger partial charge in [0.25, 0.3) is 0 Å². The average molecular weight is 475 g/mol. The van der Waals surface area contributed by atoms with Gasteiger partial charge in [-0.2, -0.15) is 0 Å². The van der Waals surface area contributed by atoms with Gasteiger partial charge in [0.2, 0.25) is 10.0 Å². The van der Waals surface area contributed by atoms with Gasteiger partial charge in [0.1, 0.15) is 12.4 Å². The minimum Gasteiger partial charge on any atom is -0.488 e. The summed E-state index contributed by atoms with van der Waals surface area (Å²) in [6, 6.07) is 6.66. The monoisotopic (exact) mass is 474 g/mol. The van der Waals surface area contributed by atoms with E-state index in [-0.39, 0.29) is 4.90 Å². The fourth-order valence-electron chi connectivity index (χ4n) is 4.94. The third-order valence-electron chi connectivity index (χ3n) is 6.71. The van der Waals surface area contributed by atoms with E-state index in [9.17, 15) is 8.42 Å². The number of benzene rings is 1. The summed E-state index contributed by atoms with van der Waals surface area (Å²) in [6.45, 7) is 2.45. The van der Waals surface area contributed by atoms with Crippen molar-refractivity contribution in [3.63, 3.8) is 0 Å². The minimum absolute atomic E-state index is 0.131. The van der Waals surface area contributed by atoms with Crippen molar-refractivity contribution >= 4 is 16.1 Å². The Labute approximate surface area is 202 Å². The number of fused-ring (bicyclic) bond motifs is 1. The molecular weight excluding hydrogens is 444 g/mol. The second-order valence-electron chi connectivity index (χ2n) is 9.02. The van der Waals surface area contributed by atoms with Crippen molar-refractivity contribution < 1.29 is 13.2 Å². The predicted molar refractivity (Wildman–Crippen MR) is 136 cm³/mol. The topological polar surface area (TPSA) is 72.6 Å². The Hall–Kier alpha value is -3.09. The molecule has 1 fully saturated rings. The van der Waals surface area contributed by atoms with E-state index >= 15 is 0 Å². The second-order valence-corrected chi connectivity index (χ2v) is 10.6. The molecule has 2 N–H and O–H groups in total. The zero-order valence-electron chi connectivity index (χ0n) is 19.2. The highest BCUT2D eigenvalue weighted by molar-refractivity contribution is 7.89. The first-order chi connectivity index (χ1) is 16.5. The van der Waals surface area contributed by atoms with Crippen molar-refractivity contribution in [2.75, 3.05) is 19.7 Å². The summed E-state index contributed by atoms with van der Waals surface area (Å²) in [5.74, 6) is 1.04. The van der Waals surface area contributed by atoms with Crippen LogP contribution in [-0.4, -0.2) is 33.0 Å². The van der Waals surface area contributed by atoms with Crippen LogP contribution in [0.3, 0.4) is 0 Å². The van der Waals surface area contributed by atoms with Crippen LogP contribution in [0.25, 0.3) is 6.08 Å². The van der Waals surface area contributed by atoms with Gasteiger partial charge in [-0.3, -0.25) is 0 Å². The fourth-order valence-corrected chi connectivity index (χ4v) is 5.46. The van der Waals surface area contributed by atoms with Gasteiger partial charge in [0.05, 0.1) is 4.90 Å². The smallest absolute Gasteiger partial charge is 0.238 e. The number of primary sulfonamides is 1. The standard InChI is InChI=1S/C28H30N2O3S/c29-34(31,32)25-15-13-21(14-16-25)7-6-18-30-17-4-3-12-27(30)26-11-5-10-23-19-22-8-1-2-9-24(22)20-33-28(23)26/h1-2,5-7,9-10,13-16,19H,3-4,8,11-12,17-18,20H2,(H2,29,31,32). The molecule has 4 aliphatic rings. The summed E-state index contributed by atoms with van der Waals surface area (Å²) < 4.78 is 29.3. The van der Waals surface area contributed by atoms with Crippen LogP contribution in [0.15, 0.2) is 105 Å². The molecule has 2 aliphatic heterocycles. The van der Waals surface area contributed by atoms with Crippen molar-refractivity contribution in [1.82, 2.24) is 4.90 Å². The van der Waals surface area contributed by atoms with Crippen molar-refractivity contribution in [1.29, 1.82) is 0 Å². The molecule has 0 unspecified atom stereocenters. The van der Waals surface area contributed by atoms with Crippen LogP contribution in [0.5, 0.6) is 0 Å². The average Bonchev–Trinajstić information content (AvgIpc) is 3.03. The summed E-state index contributed by atoms with van der Waals surface area (Å²) in [4.78, 5) is 2.60. The molecule has 1 aromatic carbocycles. The van der Waals surface area contributed by atoms with Gasteiger partial charge >= 0.3 is 0 Å². The molecule has 0 aromatic heterocycles. The summed E-state index contributed by atoms with van der Waals surface area (Å²) in [5.41, 5.74) is 7.44. The van der Waals surface area contributed by atoms with Gasteiger partial charge < -0.3 is 9.64 Å². The van der Waals surface area contributed by atoms with Gasteiger partial charge in [-0.15, -0.1) is 0 Å². The van der Waals surface area contributed by atoms with Gasteiger partial charge in [-0.25, -0.2) is 13.6 Å². The predicted octanol–water partition coefficient (Wildman–Crippen LogP) is 5.14. The number of ether oxygens (including phenoxy) is 1. The fraction of sp³-hybridized carbons (Fsp3) is 0.286. The Kier molecular flexibility index (Phi) is 6.44. The SMILES string of the molecule is NS(=O)(=O)c1ccc(C=CCN2CCCCC2=C2CC=CC3=C2OCC2=CC=CCC2=C3)cc1. The van der Waals surface area contributed by atoms with E-state index in [0.29, 0.717) is 6.61 Å². The zero-order valence-corrected chi connectivity index (χ0v) is 20.1. The maximum absolute atomic E-state index is 11.5. The first-order valence-corrected chi connectivity index (χ1v) is 13.4. The molecule has 176 valence electrons. The molecule has 0 radical (unpaired) electrons. The van der Waals surface area contributed by atoms with Gasteiger partial charge in [-0.1, -0.05) is 54.7 Å². The Morgan fingerprint density at radius 3 is 2.74 bits per heavy atom. The van der Waals surface area contributed by atoms with E-state index in [1.807, 2.05) is 6.08 Å². The summed E-state index contributed by atoms with van der Waals surface area (Å²) in [6.07, 6.45) is 22.7. The van der Waals surface area contributed by atoms with Crippen molar-refractivity contribution in [2.45, 2.75) is 37.0 Å². The van der Waals surface area contributed by atoms with E-state index in [4.69, 9.17) is 9.88 Å². The van der Waals surface area contributed by atoms with Gasteiger partial charge in [0, 0.05) is 29.9 Å². The van der Waals surface area contributed by atoms with Crippen LogP contribution in [0, 0.1) is 0 Å². The molecule has 1 saturated heterocycles. The zero-order chi connectivity index (χ0) is 23.5. The number of allylic oxidation sites excluding steroid dienone is 9. The van der Waals surface area contributed by atoms with Gasteiger partial charge in [0.15, 0.2) is 0 Å². The minimum atomic E-state index is -3.67. The number of likely N-dealkylation sites (tertiary alicyclic amines) is 1. The lowest BCUT2D eigenvalue weighted by atomic mass is 9.91. The number of nitrogens with two attached hydrogens (primary N) is 1. The van der Waals surface area contributed by atoms with Crippen molar-refractivity contribution in [3.8, 4) is 0 Å². The lowest BCUT2D eigenvalue weighted by Gasteiger charge is -2.34. The summed E-state index contributed by atoms with van der Waals surface area (Å²) in [7, 11) is -3.67. The van der Waals surface area contributed by atoms with Crippen LogP contribution in [0.1, 0.15) is 37.7 Å². The molecule has 0 amide bonds. The highest BCUT2D eigenvalue weighted by atomic mass is 32.2. The van der Waals surface area contributed by atoms with Crippen LogP contribution in [0.2, 0.25) is 0 Å². The van der Waals surface area contributed by atoms with Crippen LogP contribution in [0.4, 0.5) is 0 Å². The highest BCUT2D eigenvalue weighted by Gasteiger charge is 2.26. The molecule has 0 bridgehead atoms. The largest absolute Gasteiger partial charge is 0.488 e. The third kappa shape index (κ3) is 4.88. The molecule has 6 heteroatoms. The first kappa shape index (κ1) is 22.7. The molecule has 5 nitrogen and oxygen atoms in total. The van der Waals surface area contributed by atoms with E-state index in [1.54, 1.807) is 24.3 Å². The molecule has 34 heavy (non-hydrogen) atoms. The van der Waals surface area contributed by atoms with E-state index in [0.717, 1.165) is 43.7 Å².